The molecule has 9 nitrogen and oxygen atoms in total. The predicted molar refractivity (Wildman–Crippen MR) is 120 cm³/mol. The van der Waals surface area contributed by atoms with Gasteiger partial charge in [0.05, 0.1) is 22.8 Å². The third-order valence-electron chi connectivity index (χ3n) is 6.50. The molecule has 5 rings (SSSR count). The van der Waals surface area contributed by atoms with Gasteiger partial charge in [0.2, 0.25) is 21.8 Å². The van der Waals surface area contributed by atoms with Crippen LogP contribution in [0.3, 0.4) is 0 Å². The summed E-state index contributed by atoms with van der Waals surface area (Å²) in [4.78, 5) is 27.7. The number of rotatable bonds is 6. The van der Waals surface area contributed by atoms with Crippen molar-refractivity contribution in [1.82, 2.24) is 29.6 Å². The van der Waals surface area contributed by atoms with Crippen molar-refractivity contribution in [2.45, 2.75) is 54.9 Å². The maximum atomic E-state index is 13.4. The Kier molecular flexibility index (Phi) is 6.18. The molecule has 1 aromatic carbocycles. The lowest BCUT2D eigenvalue weighted by Crippen LogP contribution is -2.49. The van der Waals surface area contributed by atoms with E-state index < -0.39 is 45.3 Å². The number of halogens is 4. The van der Waals surface area contributed by atoms with Gasteiger partial charge >= 0.3 is 6.18 Å². The van der Waals surface area contributed by atoms with Gasteiger partial charge in [-0.3, -0.25) is 4.79 Å². The molecule has 2 fully saturated rings. The maximum absolute atomic E-state index is 13.4. The Morgan fingerprint density at radius 1 is 1.05 bits per heavy atom. The minimum Gasteiger partial charge on any atom is -0.349 e. The summed E-state index contributed by atoms with van der Waals surface area (Å²) in [5, 5.41) is 2.70. The van der Waals surface area contributed by atoms with Crippen LogP contribution in [0.1, 0.15) is 37.2 Å². The summed E-state index contributed by atoms with van der Waals surface area (Å²) in [6.45, 7) is -0.0657. The fraction of sp³-hybridized carbons (Fsp3) is 0.348. The number of aromatic nitrogens is 4. The number of nitrogens with one attached hydrogen (secondary N) is 1. The Balaban J connectivity index is 1.31. The van der Waals surface area contributed by atoms with Crippen molar-refractivity contribution < 1.29 is 30.8 Å². The van der Waals surface area contributed by atoms with Crippen LogP contribution in [0.5, 0.6) is 0 Å². The third kappa shape index (κ3) is 4.90. The van der Waals surface area contributed by atoms with E-state index >= 15 is 0 Å². The smallest absolute Gasteiger partial charge is 0.349 e. The lowest BCUT2D eigenvalue weighted by Gasteiger charge is -2.28. The van der Waals surface area contributed by atoms with Crippen LogP contribution in [0.2, 0.25) is 0 Å². The summed E-state index contributed by atoms with van der Waals surface area (Å²) < 4.78 is 79.5. The van der Waals surface area contributed by atoms with Crippen molar-refractivity contribution >= 4 is 15.9 Å². The van der Waals surface area contributed by atoms with Gasteiger partial charge in [0.15, 0.2) is 0 Å². The second-order valence-corrected chi connectivity index (χ2v) is 10.8. The minimum absolute atomic E-state index is 0.0657. The van der Waals surface area contributed by atoms with Gasteiger partial charge in [-0.2, -0.15) is 17.5 Å². The van der Waals surface area contributed by atoms with Gasteiger partial charge in [0.25, 0.3) is 0 Å². The van der Waals surface area contributed by atoms with Crippen LogP contribution in [0, 0.1) is 5.82 Å². The van der Waals surface area contributed by atoms with Crippen LogP contribution >= 0.6 is 0 Å². The first-order valence-electron chi connectivity index (χ1n) is 11.3. The number of nitrogens with zero attached hydrogens (tertiary/aromatic N) is 5. The van der Waals surface area contributed by atoms with Gasteiger partial charge in [0, 0.05) is 23.5 Å². The van der Waals surface area contributed by atoms with Crippen molar-refractivity contribution in [3.05, 3.63) is 66.4 Å². The van der Waals surface area contributed by atoms with E-state index in [0.717, 1.165) is 24.5 Å². The number of hydrogen-bond acceptors (Lipinski definition) is 7. The van der Waals surface area contributed by atoms with Crippen molar-refractivity contribution in [3.8, 4) is 11.3 Å². The molecule has 3 heterocycles. The highest BCUT2D eigenvalue weighted by atomic mass is 32.2. The molecule has 2 aromatic heterocycles. The largest absolute Gasteiger partial charge is 0.451 e. The van der Waals surface area contributed by atoms with Crippen molar-refractivity contribution in [2.75, 3.05) is 0 Å². The summed E-state index contributed by atoms with van der Waals surface area (Å²) >= 11 is 0. The third-order valence-corrected chi connectivity index (χ3v) is 8.53. The first-order chi connectivity index (χ1) is 17.5. The monoisotopic (exact) mass is 536 g/mol. The SMILES string of the molecule is O=C(NCc1cc(-c2cnc(C(F)(F)F)nc2)ncn1)C1CCC2(CC2)N1S(=O)(=O)c1ccc(F)cc1. The molecule has 1 spiro atoms. The van der Waals surface area contributed by atoms with Gasteiger partial charge < -0.3 is 5.32 Å². The van der Waals surface area contributed by atoms with Gasteiger partial charge in [0.1, 0.15) is 18.2 Å². The molecule has 37 heavy (non-hydrogen) atoms. The Labute approximate surface area is 209 Å². The van der Waals surface area contributed by atoms with Gasteiger partial charge in [-0.05, 0) is 56.0 Å². The minimum atomic E-state index is -4.67. The molecule has 0 bridgehead atoms. The highest BCUT2D eigenvalue weighted by molar-refractivity contribution is 7.89. The fourth-order valence-electron chi connectivity index (χ4n) is 4.51. The summed E-state index contributed by atoms with van der Waals surface area (Å²) in [6.07, 6.45) is 0.661. The van der Waals surface area contributed by atoms with E-state index in [4.69, 9.17) is 0 Å². The van der Waals surface area contributed by atoms with Crippen LogP contribution < -0.4 is 5.32 Å². The van der Waals surface area contributed by atoms with E-state index in [1.807, 2.05) is 0 Å². The molecule has 1 amide bonds. The van der Waals surface area contributed by atoms with Crippen LogP contribution in [-0.2, 0) is 27.5 Å². The van der Waals surface area contributed by atoms with Crippen LogP contribution in [0.25, 0.3) is 11.3 Å². The lowest BCUT2D eigenvalue weighted by molar-refractivity contribution is -0.145. The number of sulfonamides is 1. The van der Waals surface area contributed by atoms with Crippen molar-refractivity contribution in [2.24, 2.45) is 0 Å². The molecule has 0 radical (unpaired) electrons. The predicted octanol–water partition coefficient (Wildman–Crippen LogP) is 3.09. The molecule has 1 aliphatic carbocycles. The van der Waals surface area contributed by atoms with E-state index in [1.54, 1.807) is 0 Å². The molecule has 2 aliphatic rings. The summed E-state index contributed by atoms with van der Waals surface area (Å²) in [7, 11) is -4.05. The number of benzene rings is 1. The number of hydrogen-bond donors (Lipinski definition) is 1. The molecular weight excluding hydrogens is 516 g/mol. The Morgan fingerprint density at radius 3 is 2.35 bits per heavy atom. The first-order valence-corrected chi connectivity index (χ1v) is 12.7. The second-order valence-electron chi connectivity index (χ2n) is 8.94. The summed E-state index contributed by atoms with van der Waals surface area (Å²) in [5.74, 6) is -2.35. The van der Waals surface area contributed by atoms with E-state index in [2.05, 4.69) is 25.3 Å². The fourth-order valence-corrected chi connectivity index (χ4v) is 6.54. The lowest BCUT2D eigenvalue weighted by atomic mass is 10.1. The van der Waals surface area contributed by atoms with Gasteiger partial charge in [-0.15, -0.1) is 0 Å². The highest BCUT2D eigenvalue weighted by Crippen LogP contribution is 2.54. The van der Waals surface area contributed by atoms with E-state index in [1.165, 1.54) is 28.8 Å². The average Bonchev–Trinajstić information content (AvgIpc) is 3.53. The second kappa shape index (κ2) is 9.10. The quantitative estimate of drug-likeness (QED) is 0.481. The van der Waals surface area contributed by atoms with Gasteiger partial charge in [-0.25, -0.2) is 32.7 Å². The zero-order chi connectivity index (χ0) is 26.4. The molecular formula is C23H20F4N6O3S. The van der Waals surface area contributed by atoms with Crippen LogP contribution in [0.15, 0.2) is 53.9 Å². The zero-order valence-electron chi connectivity index (χ0n) is 19.1. The average molecular weight is 537 g/mol. The number of alkyl halides is 3. The van der Waals surface area contributed by atoms with E-state index in [-0.39, 0.29) is 22.7 Å². The summed E-state index contributed by atoms with van der Waals surface area (Å²) in [5.41, 5.74) is 0.225. The first kappa shape index (κ1) is 25.1. The van der Waals surface area contributed by atoms with E-state index in [0.29, 0.717) is 31.4 Å². The molecule has 1 aliphatic heterocycles. The molecule has 1 saturated heterocycles. The van der Waals surface area contributed by atoms with Gasteiger partial charge in [-0.1, -0.05) is 0 Å². The van der Waals surface area contributed by atoms with E-state index in [9.17, 15) is 30.8 Å². The molecule has 1 saturated carbocycles. The molecule has 1 atom stereocenters. The standard InChI is InChI=1S/C23H20F4N6O3S/c24-15-1-3-17(4-2-15)37(35,36)33-19(5-6-22(33)7-8-22)20(34)28-12-16-9-18(32-13-31-16)14-10-29-21(30-11-14)23(25,26)27/h1-4,9-11,13,19H,5-8,12H2,(H,28,34). The number of amides is 1. The Bertz CT molecular complexity index is 1430. The summed E-state index contributed by atoms with van der Waals surface area (Å²) in [6, 6.07) is 5.01. The van der Waals surface area contributed by atoms with Crippen LogP contribution in [-0.4, -0.2) is 50.1 Å². The molecule has 14 heteroatoms. The molecule has 1 N–H and O–H groups in total. The number of carbonyl (C=O) groups is 1. The molecule has 194 valence electrons. The number of carbonyl (C=O) groups excluding carboxylic acids is 1. The normalized spacial score (nSPS) is 19.2. The topological polar surface area (TPSA) is 118 Å². The van der Waals surface area contributed by atoms with Crippen molar-refractivity contribution in [1.29, 1.82) is 0 Å². The van der Waals surface area contributed by atoms with Crippen LogP contribution in [0.4, 0.5) is 17.6 Å². The Morgan fingerprint density at radius 2 is 1.73 bits per heavy atom. The maximum Gasteiger partial charge on any atom is 0.451 e. The Hall–Kier alpha value is -3.52. The van der Waals surface area contributed by atoms with Crippen molar-refractivity contribution in [3.63, 3.8) is 0 Å². The molecule has 3 aromatic rings. The molecule has 1 unspecified atom stereocenters. The zero-order valence-corrected chi connectivity index (χ0v) is 19.9. The highest BCUT2D eigenvalue weighted by Gasteiger charge is 2.61.